The molecule has 1 amide bonds. The summed E-state index contributed by atoms with van der Waals surface area (Å²) >= 11 is 7.32. The molecule has 3 aromatic rings. The molecule has 0 aliphatic carbocycles. The zero-order valence-corrected chi connectivity index (χ0v) is 13.5. The molecule has 3 rings (SSSR count). The van der Waals surface area contributed by atoms with Crippen LogP contribution in [0, 0.1) is 0 Å². The number of nitrogens with one attached hydrogen (secondary N) is 1. The lowest BCUT2D eigenvalue weighted by molar-refractivity contribution is 0.102. The van der Waals surface area contributed by atoms with E-state index >= 15 is 0 Å². The largest absolute Gasteiger partial charge is 0.394 e. The highest BCUT2D eigenvalue weighted by Crippen LogP contribution is 2.26. The second-order valence-electron chi connectivity index (χ2n) is 4.65. The minimum absolute atomic E-state index is 0.0758. The number of carbonyl (C=O) groups is 1. The van der Waals surface area contributed by atoms with Crippen molar-refractivity contribution < 1.29 is 9.90 Å². The molecule has 0 unspecified atom stereocenters. The van der Waals surface area contributed by atoms with Gasteiger partial charge in [0, 0.05) is 12.3 Å². The highest BCUT2D eigenvalue weighted by atomic mass is 35.5. The average molecular weight is 349 g/mol. The van der Waals surface area contributed by atoms with Crippen molar-refractivity contribution in [1.82, 2.24) is 14.8 Å². The van der Waals surface area contributed by atoms with E-state index in [1.54, 1.807) is 34.2 Å². The standard InChI is InChI=1S/C15H13ClN4O2S/c16-10-3-4-11(17-9-10)15(22)18-14-8-12(13-2-1-7-23-13)19-20(14)5-6-21/h1-4,7-9,21H,5-6H2,(H,18,22). The first-order chi connectivity index (χ1) is 11.2. The molecule has 0 radical (unpaired) electrons. The number of carbonyl (C=O) groups excluding carboxylic acids is 1. The fourth-order valence-corrected chi connectivity index (χ4v) is 2.81. The number of amides is 1. The second kappa shape index (κ2) is 6.91. The first-order valence-electron chi connectivity index (χ1n) is 6.83. The van der Waals surface area contributed by atoms with Gasteiger partial charge in [-0.1, -0.05) is 17.7 Å². The molecule has 0 saturated carbocycles. The van der Waals surface area contributed by atoms with Crippen molar-refractivity contribution >= 4 is 34.7 Å². The molecule has 3 heterocycles. The van der Waals surface area contributed by atoms with Crippen LogP contribution in [0.2, 0.25) is 5.02 Å². The third-order valence-corrected chi connectivity index (χ3v) is 4.18. The zero-order valence-electron chi connectivity index (χ0n) is 11.9. The fourth-order valence-electron chi connectivity index (χ4n) is 2.02. The van der Waals surface area contributed by atoms with Gasteiger partial charge in [0.15, 0.2) is 0 Å². The maximum atomic E-state index is 12.3. The SMILES string of the molecule is O=C(Nc1cc(-c2cccs2)nn1CCO)c1ccc(Cl)cn1. The zero-order chi connectivity index (χ0) is 16.2. The van der Waals surface area contributed by atoms with E-state index < -0.39 is 0 Å². The normalized spacial score (nSPS) is 10.7. The van der Waals surface area contributed by atoms with Crippen LogP contribution in [0.5, 0.6) is 0 Å². The van der Waals surface area contributed by atoms with Gasteiger partial charge < -0.3 is 10.4 Å². The van der Waals surface area contributed by atoms with Crippen LogP contribution in [0.25, 0.3) is 10.6 Å². The van der Waals surface area contributed by atoms with Gasteiger partial charge in [0.1, 0.15) is 17.2 Å². The maximum Gasteiger partial charge on any atom is 0.275 e. The molecule has 0 bridgehead atoms. The van der Waals surface area contributed by atoms with Crippen molar-refractivity contribution in [3.05, 3.63) is 52.6 Å². The summed E-state index contributed by atoms with van der Waals surface area (Å²) in [6.45, 7) is 0.211. The lowest BCUT2D eigenvalue weighted by Gasteiger charge is -2.07. The third kappa shape index (κ3) is 3.58. The molecular weight excluding hydrogens is 336 g/mol. The van der Waals surface area contributed by atoms with Crippen LogP contribution >= 0.6 is 22.9 Å². The van der Waals surface area contributed by atoms with Crippen molar-refractivity contribution in [3.63, 3.8) is 0 Å². The number of thiophene rings is 1. The summed E-state index contributed by atoms with van der Waals surface area (Å²) < 4.78 is 1.56. The Hall–Kier alpha value is -2.22. The van der Waals surface area contributed by atoms with Crippen molar-refractivity contribution in [2.75, 3.05) is 11.9 Å². The van der Waals surface area contributed by atoms with Crippen LogP contribution in [0.3, 0.4) is 0 Å². The molecule has 0 fully saturated rings. The smallest absolute Gasteiger partial charge is 0.275 e. The molecule has 3 aromatic heterocycles. The van der Waals surface area contributed by atoms with Gasteiger partial charge in [-0.15, -0.1) is 11.3 Å². The highest BCUT2D eigenvalue weighted by molar-refractivity contribution is 7.13. The van der Waals surface area contributed by atoms with E-state index in [0.717, 1.165) is 10.6 Å². The van der Waals surface area contributed by atoms with Crippen molar-refractivity contribution in [2.24, 2.45) is 0 Å². The number of aliphatic hydroxyl groups is 1. The number of rotatable bonds is 5. The Morgan fingerprint density at radius 1 is 1.39 bits per heavy atom. The van der Waals surface area contributed by atoms with Gasteiger partial charge in [0.05, 0.1) is 23.1 Å². The summed E-state index contributed by atoms with van der Waals surface area (Å²) in [5.74, 6) is 0.141. The van der Waals surface area contributed by atoms with E-state index in [1.807, 2.05) is 17.5 Å². The summed E-state index contributed by atoms with van der Waals surface area (Å²) in [7, 11) is 0. The minimum Gasteiger partial charge on any atom is -0.394 e. The second-order valence-corrected chi connectivity index (χ2v) is 6.04. The Labute approximate surface area is 141 Å². The van der Waals surface area contributed by atoms with Crippen molar-refractivity contribution in [1.29, 1.82) is 0 Å². The summed E-state index contributed by atoms with van der Waals surface area (Å²) in [5.41, 5.74) is 0.997. The van der Waals surface area contributed by atoms with E-state index in [0.29, 0.717) is 10.8 Å². The van der Waals surface area contributed by atoms with E-state index in [2.05, 4.69) is 15.4 Å². The number of halogens is 1. The van der Waals surface area contributed by atoms with E-state index in [4.69, 9.17) is 16.7 Å². The number of hydrogen-bond donors (Lipinski definition) is 2. The van der Waals surface area contributed by atoms with Gasteiger partial charge in [0.2, 0.25) is 0 Å². The van der Waals surface area contributed by atoms with E-state index in [1.165, 1.54) is 6.20 Å². The molecular formula is C15H13ClN4O2S. The molecule has 118 valence electrons. The molecule has 2 N–H and O–H groups in total. The maximum absolute atomic E-state index is 12.3. The first kappa shape index (κ1) is 15.7. The molecule has 0 aromatic carbocycles. The summed E-state index contributed by atoms with van der Waals surface area (Å²) in [4.78, 5) is 17.2. The lowest BCUT2D eigenvalue weighted by Crippen LogP contribution is -2.17. The third-order valence-electron chi connectivity index (χ3n) is 3.07. The van der Waals surface area contributed by atoms with Crippen LogP contribution in [-0.4, -0.2) is 32.4 Å². The number of aromatic nitrogens is 3. The van der Waals surface area contributed by atoms with Gasteiger partial charge in [-0.2, -0.15) is 5.10 Å². The van der Waals surface area contributed by atoms with Crippen LogP contribution in [0.15, 0.2) is 41.9 Å². The van der Waals surface area contributed by atoms with E-state index in [9.17, 15) is 4.79 Å². The molecule has 23 heavy (non-hydrogen) atoms. The van der Waals surface area contributed by atoms with Crippen molar-refractivity contribution in [2.45, 2.75) is 6.54 Å². The summed E-state index contributed by atoms with van der Waals surface area (Å²) in [6.07, 6.45) is 1.42. The summed E-state index contributed by atoms with van der Waals surface area (Å²) in [5, 5.41) is 18.8. The Kier molecular flexibility index (Phi) is 4.71. The molecule has 0 spiro atoms. The number of nitrogens with zero attached hydrogens (tertiary/aromatic N) is 3. The van der Waals surface area contributed by atoms with E-state index in [-0.39, 0.29) is 24.8 Å². The number of aliphatic hydroxyl groups excluding tert-OH is 1. The minimum atomic E-state index is -0.363. The molecule has 8 heteroatoms. The fraction of sp³-hybridized carbons (Fsp3) is 0.133. The highest BCUT2D eigenvalue weighted by Gasteiger charge is 2.14. The van der Waals surface area contributed by atoms with Gasteiger partial charge >= 0.3 is 0 Å². The Balaban J connectivity index is 1.86. The van der Waals surface area contributed by atoms with Gasteiger partial charge in [-0.3, -0.25) is 4.79 Å². The topological polar surface area (TPSA) is 80.0 Å². The monoisotopic (exact) mass is 348 g/mol. The lowest BCUT2D eigenvalue weighted by atomic mass is 10.3. The van der Waals surface area contributed by atoms with Crippen LogP contribution in [0.4, 0.5) is 5.82 Å². The Morgan fingerprint density at radius 3 is 2.91 bits per heavy atom. The predicted molar refractivity (Wildman–Crippen MR) is 89.8 cm³/mol. The van der Waals surface area contributed by atoms with Crippen LogP contribution < -0.4 is 5.32 Å². The van der Waals surface area contributed by atoms with Crippen LogP contribution in [-0.2, 0) is 6.54 Å². The van der Waals surface area contributed by atoms with Crippen molar-refractivity contribution in [3.8, 4) is 10.6 Å². The molecule has 0 atom stereocenters. The Morgan fingerprint density at radius 2 is 2.26 bits per heavy atom. The first-order valence-corrected chi connectivity index (χ1v) is 8.08. The average Bonchev–Trinajstić information content (AvgIpc) is 3.18. The number of hydrogen-bond acceptors (Lipinski definition) is 5. The predicted octanol–water partition coefficient (Wildman–Crippen LogP) is 2.90. The molecule has 6 nitrogen and oxygen atoms in total. The summed E-state index contributed by atoms with van der Waals surface area (Å²) in [6, 6.07) is 8.80. The molecule has 0 aliphatic heterocycles. The molecule has 0 aliphatic rings. The molecule has 0 saturated heterocycles. The number of anilines is 1. The van der Waals surface area contributed by atoms with Gasteiger partial charge in [0.25, 0.3) is 5.91 Å². The number of pyridine rings is 1. The Bertz CT molecular complexity index is 800. The quantitative estimate of drug-likeness (QED) is 0.743. The van der Waals surface area contributed by atoms with Crippen LogP contribution in [0.1, 0.15) is 10.5 Å². The van der Waals surface area contributed by atoms with Gasteiger partial charge in [-0.25, -0.2) is 9.67 Å². The van der Waals surface area contributed by atoms with Gasteiger partial charge in [-0.05, 0) is 23.6 Å².